The van der Waals surface area contributed by atoms with Gasteiger partial charge in [-0.3, -0.25) is 4.79 Å². The highest BCUT2D eigenvalue weighted by Gasteiger charge is 2.07. The lowest BCUT2D eigenvalue weighted by Crippen LogP contribution is -2.01. The number of Topliss-reactive ketones (excluding diaryl/α,β-unsaturated/α-hetero) is 1. The summed E-state index contributed by atoms with van der Waals surface area (Å²) >= 11 is 0. The molecule has 1 aromatic rings. The van der Waals surface area contributed by atoms with E-state index in [1.807, 2.05) is 23.8 Å². The summed E-state index contributed by atoms with van der Waals surface area (Å²) < 4.78 is 2.02. The number of nitriles is 1. The molecule has 0 aliphatic rings. The lowest BCUT2D eigenvalue weighted by molar-refractivity contribution is 0.101. The summed E-state index contributed by atoms with van der Waals surface area (Å²) in [6, 6.07) is 3.94. The molecule has 0 bridgehead atoms. The molecule has 3 nitrogen and oxygen atoms in total. The van der Waals surface area contributed by atoms with Crippen LogP contribution in [0.3, 0.4) is 0 Å². The van der Waals surface area contributed by atoms with E-state index in [0.29, 0.717) is 6.42 Å². The second-order valence-corrected chi connectivity index (χ2v) is 3.33. The van der Waals surface area contributed by atoms with Gasteiger partial charge in [-0.05, 0) is 26.3 Å². The largest absolute Gasteiger partial charge is 0.351 e. The number of unbranched alkanes of at least 4 members (excludes halogenated alkanes) is 1. The highest BCUT2D eigenvalue weighted by molar-refractivity contribution is 5.95. The van der Waals surface area contributed by atoms with Crippen molar-refractivity contribution in [3.8, 4) is 6.07 Å². The normalized spacial score (nSPS) is 9.79. The third-order valence-corrected chi connectivity index (χ3v) is 2.31. The van der Waals surface area contributed by atoms with Crippen molar-refractivity contribution in [2.24, 2.45) is 0 Å². The first kappa shape index (κ1) is 10.5. The van der Waals surface area contributed by atoms with Gasteiger partial charge in [0.1, 0.15) is 0 Å². The number of carbonyl (C=O) groups excluding carboxylic acids is 1. The van der Waals surface area contributed by atoms with Gasteiger partial charge in [-0.15, -0.1) is 0 Å². The predicted molar refractivity (Wildman–Crippen MR) is 54.0 cm³/mol. The summed E-state index contributed by atoms with van der Waals surface area (Å²) in [7, 11) is 0. The van der Waals surface area contributed by atoms with Gasteiger partial charge in [-0.2, -0.15) is 5.26 Å². The molecule has 0 fully saturated rings. The second kappa shape index (κ2) is 4.61. The SMILES string of the molecule is CC(=O)c1ccn(CCCC#N)c1C. The fourth-order valence-electron chi connectivity index (χ4n) is 1.49. The Bertz CT molecular complexity index is 371. The fraction of sp³-hybridized carbons (Fsp3) is 0.455. The van der Waals surface area contributed by atoms with Gasteiger partial charge >= 0.3 is 0 Å². The smallest absolute Gasteiger partial charge is 0.161 e. The van der Waals surface area contributed by atoms with Gasteiger partial charge in [0.15, 0.2) is 5.78 Å². The minimum atomic E-state index is 0.0986. The van der Waals surface area contributed by atoms with Crippen LogP contribution in [0.1, 0.15) is 35.8 Å². The van der Waals surface area contributed by atoms with Crippen molar-refractivity contribution in [2.45, 2.75) is 33.2 Å². The fourth-order valence-corrected chi connectivity index (χ4v) is 1.49. The molecule has 0 aromatic carbocycles. The number of hydrogen-bond donors (Lipinski definition) is 0. The van der Waals surface area contributed by atoms with E-state index in [2.05, 4.69) is 6.07 Å². The van der Waals surface area contributed by atoms with Crippen molar-refractivity contribution >= 4 is 5.78 Å². The van der Waals surface area contributed by atoms with E-state index in [4.69, 9.17) is 5.26 Å². The summed E-state index contributed by atoms with van der Waals surface area (Å²) in [5, 5.41) is 8.39. The number of nitrogens with zero attached hydrogens (tertiary/aromatic N) is 2. The highest BCUT2D eigenvalue weighted by Crippen LogP contribution is 2.11. The van der Waals surface area contributed by atoms with Crippen LogP contribution in [-0.2, 0) is 6.54 Å². The second-order valence-electron chi connectivity index (χ2n) is 3.33. The highest BCUT2D eigenvalue weighted by atomic mass is 16.1. The molecule has 0 saturated heterocycles. The maximum atomic E-state index is 11.1. The Morgan fingerprint density at radius 3 is 2.86 bits per heavy atom. The number of carbonyl (C=O) groups is 1. The Hall–Kier alpha value is -1.56. The van der Waals surface area contributed by atoms with Crippen molar-refractivity contribution in [2.75, 3.05) is 0 Å². The van der Waals surface area contributed by atoms with E-state index >= 15 is 0 Å². The van der Waals surface area contributed by atoms with Gasteiger partial charge in [0.25, 0.3) is 0 Å². The summed E-state index contributed by atoms with van der Waals surface area (Å²) in [5.74, 6) is 0.0986. The third kappa shape index (κ3) is 2.23. The van der Waals surface area contributed by atoms with Crippen molar-refractivity contribution in [1.29, 1.82) is 5.26 Å². The number of aryl methyl sites for hydroxylation is 1. The Kier molecular flexibility index (Phi) is 3.47. The van der Waals surface area contributed by atoms with Crippen LogP contribution in [0.25, 0.3) is 0 Å². The van der Waals surface area contributed by atoms with E-state index in [1.165, 1.54) is 0 Å². The predicted octanol–water partition coefficient (Wildman–Crippen LogP) is 2.30. The standard InChI is InChI=1S/C11H14N2O/c1-9-11(10(2)14)5-8-13(9)7-4-3-6-12/h5,8H,3-4,7H2,1-2H3. The van der Waals surface area contributed by atoms with Crippen LogP contribution in [0.5, 0.6) is 0 Å². The molecule has 1 aromatic heterocycles. The Morgan fingerprint density at radius 2 is 2.36 bits per heavy atom. The maximum absolute atomic E-state index is 11.1. The monoisotopic (exact) mass is 190 g/mol. The molecule has 1 rings (SSSR count). The van der Waals surface area contributed by atoms with Crippen LogP contribution in [0.4, 0.5) is 0 Å². The molecule has 0 atom stereocenters. The van der Waals surface area contributed by atoms with Crippen LogP contribution < -0.4 is 0 Å². The van der Waals surface area contributed by atoms with Crippen molar-refractivity contribution in [3.63, 3.8) is 0 Å². The van der Waals surface area contributed by atoms with E-state index < -0.39 is 0 Å². The van der Waals surface area contributed by atoms with Crippen LogP contribution in [-0.4, -0.2) is 10.4 Å². The van der Waals surface area contributed by atoms with Gasteiger partial charge in [0, 0.05) is 30.4 Å². The maximum Gasteiger partial charge on any atom is 0.161 e. The van der Waals surface area contributed by atoms with Gasteiger partial charge in [0.2, 0.25) is 0 Å². The average Bonchev–Trinajstić information content (AvgIpc) is 2.48. The van der Waals surface area contributed by atoms with E-state index in [1.54, 1.807) is 6.92 Å². The topological polar surface area (TPSA) is 45.8 Å². The Labute approximate surface area is 84.0 Å². The molecular weight excluding hydrogens is 176 g/mol. The zero-order valence-corrected chi connectivity index (χ0v) is 8.58. The zero-order valence-electron chi connectivity index (χ0n) is 8.58. The van der Waals surface area contributed by atoms with Crippen LogP contribution in [0.15, 0.2) is 12.3 Å². The molecule has 0 unspecified atom stereocenters. The lowest BCUT2D eigenvalue weighted by Gasteiger charge is -2.04. The Morgan fingerprint density at radius 1 is 1.64 bits per heavy atom. The van der Waals surface area contributed by atoms with Crippen LogP contribution in [0.2, 0.25) is 0 Å². The van der Waals surface area contributed by atoms with Gasteiger partial charge in [-0.25, -0.2) is 0 Å². The quantitative estimate of drug-likeness (QED) is 0.540. The van der Waals surface area contributed by atoms with Crippen molar-refractivity contribution < 1.29 is 4.79 Å². The van der Waals surface area contributed by atoms with Crippen molar-refractivity contribution in [1.82, 2.24) is 4.57 Å². The lowest BCUT2D eigenvalue weighted by atomic mass is 10.2. The summed E-state index contributed by atoms with van der Waals surface area (Å²) in [6.07, 6.45) is 3.31. The molecular formula is C11H14N2O. The van der Waals surface area contributed by atoms with Gasteiger partial charge < -0.3 is 4.57 Å². The third-order valence-electron chi connectivity index (χ3n) is 2.31. The average molecular weight is 190 g/mol. The molecule has 0 aliphatic heterocycles. The summed E-state index contributed by atoms with van der Waals surface area (Å²) in [6.45, 7) is 4.32. The first-order valence-electron chi connectivity index (χ1n) is 4.70. The minimum Gasteiger partial charge on any atom is -0.351 e. The molecule has 3 heteroatoms. The molecule has 0 aliphatic carbocycles. The first-order valence-corrected chi connectivity index (χ1v) is 4.70. The van der Waals surface area contributed by atoms with Gasteiger partial charge in [-0.1, -0.05) is 0 Å². The minimum absolute atomic E-state index is 0.0986. The van der Waals surface area contributed by atoms with E-state index in [0.717, 1.165) is 24.2 Å². The molecule has 74 valence electrons. The molecule has 0 spiro atoms. The number of hydrogen-bond acceptors (Lipinski definition) is 2. The molecule has 14 heavy (non-hydrogen) atoms. The molecule has 0 radical (unpaired) electrons. The number of ketones is 1. The molecule has 1 heterocycles. The molecule has 0 N–H and O–H groups in total. The van der Waals surface area contributed by atoms with Gasteiger partial charge in [0.05, 0.1) is 6.07 Å². The summed E-state index contributed by atoms with van der Waals surface area (Å²) in [5.41, 5.74) is 1.78. The molecule has 0 saturated carbocycles. The van der Waals surface area contributed by atoms with Crippen molar-refractivity contribution in [3.05, 3.63) is 23.5 Å². The van der Waals surface area contributed by atoms with Crippen LogP contribution >= 0.6 is 0 Å². The zero-order chi connectivity index (χ0) is 10.6. The Balaban J connectivity index is 2.71. The van der Waals surface area contributed by atoms with E-state index in [9.17, 15) is 4.79 Å². The van der Waals surface area contributed by atoms with E-state index in [-0.39, 0.29) is 5.78 Å². The number of rotatable bonds is 4. The summed E-state index contributed by atoms with van der Waals surface area (Å²) in [4.78, 5) is 11.1. The first-order chi connectivity index (χ1) is 6.66. The number of aromatic nitrogens is 1. The van der Waals surface area contributed by atoms with Crippen LogP contribution in [0, 0.1) is 18.3 Å². The molecule has 0 amide bonds.